The standard InChI is InChI=1S/C11H4N2OS2.2K/c1-13-8(6-12)11-15-9-4-3-7(14-2)5-10(9)16-11;;/h3H,2H3;;/q-2;2*+1/b11-8+;;. The molecule has 0 radical (unpaired) electrons. The van der Waals surface area contributed by atoms with Gasteiger partial charge in [-0.15, -0.1) is 5.75 Å². The molecule has 2 rings (SSSR count). The van der Waals surface area contributed by atoms with Crippen molar-refractivity contribution in [3.63, 3.8) is 0 Å². The molecule has 18 heavy (non-hydrogen) atoms. The van der Waals surface area contributed by atoms with Crippen LogP contribution in [0, 0.1) is 30.0 Å². The summed E-state index contributed by atoms with van der Waals surface area (Å²) in [5.41, 5.74) is 0.118. The molecule has 0 saturated carbocycles. The van der Waals surface area contributed by atoms with Gasteiger partial charge in [0.25, 0.3) is 5.70 Å². The van der Waals surface area contributed by atoms with Gasteiger partial charge < -0.3 is 10.8 Å². The van der Waals surface area contributed by atoms with Gasteiger partial charge in [0.1, 0.15) is 0 Å². The minimum absolute atomic E-state index is 0. The van der Waals surface area contributed by atoms with Gasteiger partial charge in [-0.3, -0.25) is 6.07 Å². The third-order valence-electron chi connectivity index (χ3n) is 1.80. The van der Waals surface area contributed by atoms with Crippen molar-refractivity contribution in [2.24, 2.45) is 0 Å². The van der Waals surface area contributed by atoms with Crippen LogP contribution >= 0.6 is 23.5 Å². The van der Waals surface area contributed by atoms with Crippen LogP contribution in [0.5, 0.6) is 5.75 Å². The maximum absolute atomic E-state index is 8.77. The Bertz CT molecular complexity index is 545. The Morgan fingerprint density at radius 1 is 1.44 bits per heavy atom. The van der Waals surface area contributed by atoms with Crippen LogP contribution in [0.4, 0.5) is 0 Å². The number of fused-ring (bicyclic) bond motifs is 1. The van der Waals surface area contributed by atoms with Crippen LogP contribution in [0.2, 0.25) is 0 Å². The van der Waals surface area contributed by atoms with Crippen LogP contribution in [0.1, 0.15) is 0 Å². The van der Waals surface area contributed by atoms with Crippen LogP contribution in [0.25, 0.3) is 4.85 Å². The fourth-order valence-corrected chi connectivity index (χ4v) is 3.31. The van der Waals surface area contributed by atoms with E-state index in [0.29, 0.717) is 9.99 Å². The summed E-state index contributed by atoms with van der Waals surface area (Å²) in [6, 6.07) is 9.67. The minimum atomic E-state index is 0. The molecule has 3 nitrogen and oxygen atoms in total. The molecule has 1 aromatic carbocycles. The van der Waals surface area contributed by atoms with Gasteiger partial charge in [0, 0.05) is 4.24 Å². The third kappa shape index (κ3) is 4.62. The quantitative estimate of drug-likeness (QED) is 0.316. The predicted octanol–water partition coefficient (Wildman–Crippen LogP) is -2.89. The maximum atomic E-state index is 8.77. The third-order valence-corrected chi connectivity index (χ3v) is 4.22. The fourth-order valence-electron chi connectivity index (χ4n) is 1.08. The van der Waals surface area contributed by atoms with E-state index >= 15 is 0 Å². The van der Waals surface area contributed by atoms with Crippen molar-refractivity contribution >= 4 is 23.5 Å². The summed E-state index contributed by atoms with van der Waals surface area (Å²) < 4.78 is 5.73. The van der Waals surface area contributed by atoms with Gasteiger partial charge in [0.05, 0.1) is 19.8 Å². The zero-order valence-corrected chi connectivity index (χ0v) is 18.1. The fraction of sp³-hybridized carbons (Fsp3) is 0.0909. The van der Waals surface area contributed by atoms with Gasteiger partial charge in [-0.2, -0.15) is 28.4 Å². The molecule has 0 aromatic heterocycles. The first-order chi connectivity index (χ1) is 7.78. The average Bonchev–Trinajstić information content (AvgIpc) is 2.72. The molecule has 0 saturated heterocycles. The van der Waals surface area contributed by atoms with Gasteiger partial charge in [-0.1, -0.05) is 0 Å². The number of thioether (sulfide) groups is 2. The largest absolute Gasteiger partial charge is 1.00 e. The number of ether oxygens (including phenoxy) is 1. The van der Waals surface area contributed by atoms with Crippen molar-refractivity contribution in [3.8, 4) is 11.8 Å². The maximum Gasteiger partial charge on any atom is 1.00 e. The Morgan fingerprint density at radius 3 is 2.67 bits per heavy atom. The number of hydrogen-bond acceptors (Lipinski definition) is 4. The Balaban J connectivity index is 0.00000144. The number of nitrogens with zero attached hydrogens (tertiary/aromatic N) is 2. The summed E-state index contributed by atoms with van der Waals surface area (Å²) in [5, 5.41) is 8.77. The first-order valence-corrected chi connectivity index (χ1v) is 5.81. The molecule has 0 unspecified atom stereocenters. The molecule has 0 atom stereocenters. The van der Waals surface area contributed by atoms with E-state index in [1.54, 1.807) is 13.2 Å². The van der Waals surface area contributed by atoms with E-state index in [-0.39, 0.29) is 108 Å². The van der Waals surface area contributed by atoms with E-state index in [2.05, 4.69) is 17.0 Å². The van der Waals surface area contributed by atoms with Crippen LogP contribution in [-0.2, 0) is 0 Å². The Hall–Kier alpha value is 1.71. The first kappa shape index (κ1) is 19.7. The number of nitriles is 1. The average molecular weight is 322 g/mol. The number of hydrogen-bond donors (Lipinski definition) is 0. The molecule has 0 bridgehead atoms. The van der Waals surface area contributed by atoms with E-state index in [4.69, 9.17) is 16.6 Å². The predicted molar refractivity (Wildman–Crippen MR) is 61.6 cm³/mol. The van der Waals surface area contributed by atoms with Gasteiger partial charge >= 0.3 is 103 Å². The van der Waals surface area contributed by atoms with E-state index in [0.717, 1.165) is 9.79 Å². The zero-order valence-electron chi connectivity index (χ0n) is 10.2. The second-order valence-corrected chi connectivity index (χ2v) is 5.00. The summed E-state index contributed by atoms with van der Waals surface area (Å²) in [5.74, 6) is 0.606. The molecule has 0 N–H and O–H groups in total. The van der Waals surface area contributed by atoms with E-state index in [1.165, 1.54) is 23.5 Å². The summed E-state index contributed by atoms with van der Waals surface area (Å²) in [6.45, 7) is 6.88. The van der Waals surface area contributed by atoms with Crippen molar-refractivity contribution in [2.45, 2.75) is 9.79 Å². The second kappa shape index (κ2) is 9.61. The topological polar surface area (TPSA) is 37.4 Å². The Kier molecular flexibility index (Phi) is 10.5. The molecule has 1 aromatic rings. The van der Waals surface area contributed by atoms with Crippen molar-refractivity contribution in [3.05, 3.63) is 39.6 Å². The number of benzene rings is 1. The van der Waals surface area contributed by atoms with Gasteiger partial charge in [-0.05, 0) is 0 Å². The monoisotopic (exact) mass is 322 g/mol. The molecule has 1 aliphatic rings. The summed E-state index contributed by atoms with van der Waals surface area (Å²) in [6.07, 6.45) is 0. The normalized spacial score (nSPS) is 14.2. The second-order valence-electron chi connectivity index (χ2n) is 2.70. The van der Waals surface area contributed by atoms with Crippen molar-refractivity contribution in [1.82, 2.24) is 0 Å². The first-order valence-electron chi connectivity index (χ1n) is 4.18. The number of rotatable bonds is 1. The van der Waals surface area contributed by atoms with E-state index in [9.17, 15) is 0 Å². The van der Waals surface area contributed by atoms with E-state index < -0.39 is 0 Å². The van der Waals surface area contributed by atoms with E-state index in [1.807, 2.05) is 6.07 Å². The van der Waals surface area contributed by atoms with Gasteiger partial charge in [-0.25, -0.2) is 21.1 Å². The minimum Gasteiger partial charge on any atom is -0.579 e. The number of allylic oxidation sites excluding steroid dienone is 1. The summed E-state index contributed by atoms with van der Waals surface area (Å²) >= 11 is 2.74. The molecule has 1 heterocycles. The summed E-state index contributed by atoms with van der Waals surface area (Å²) in [7, 11) is 1.56. The summed E-state index contributed by atoms with van der Waals surface area (Å²) in [4.78, 5) is 4.93. The molecular formula is C11H4K2N2OS2. The molecule has 78 valence electrons. The molecule has 0 fully saturated rings. The van der Waals surface area contributed by atoms with Crippen LogP contribution in [-0.4, -0.2) is 7.11 Å². The smallest absolute Gasteiger partial charge is 0.579 e. The van der Waals surface area contributed by atoms with Crippen molar-refractivity contribution in [2.75, 3.05) is 7.11 Å². The molecule has 7 heteroatoms. The Morgan fingerprint density at radius 2 is 2.11 bits per heavy atom. The molecule has 0 aliphatic carbocycles. The number of methoxy groups -OCH3 is 1. The molecule has 0 amide bonds. The molecule has 0 spiro atoms. The van der Waals surface area contributed by atoms with Crippen molar-refractivity contribution in [1.29, 1.82) is 5.26 Å². The van der Waals surface area contributed by atoms with Crippen molar-refractivity contribution < 1.29 is 108 Å². The van der Waals surface area contributed by atoms with Crippen LogP contribution < -0.4 is 108 Å². The van der Waals surface area contributed by atoms with Gasteiger partial charge in [0.15, 0.2) is 0 Å². The molecular weight excluding hydrogens is 318 g/mol. The van der Waals surface area contributed by atoms with Gasteiger partial charge in [0.2, 0.25) is 0 Å². The SMILES string of the molecule is [C-]#[N+]/C(C#N)=C1\Sc2[c-]cc(OC)[c-]c2S1.[K+].[K+]. The zero-order chi connectivity index (χ0) is 11.5. The van der Waals surface area contributed by atoms with Crippen LogP contribution in [0.15, 0.2) is 25.8 Å². The molecule has 1 aliphatic heterocycles. The van der Waals surface area contributed by atoms with Crippen LogP contribution in [0.3, 0.4) is 0 Å². The Labute approximate surface area is 200 Å².